The summed E-state index contributed by atoms with van der Waals surface area (Å²) in [5, 5.41) is 9.15. The second-order valence-electron chi connectivity index (χ2n) is 10.9. The largest absolute Gasteiger partial charge is 0.493 e. The molecular formula is C30H36ClN3O10. The van der Waals surface area contributed by atoms with E-state index in [0.717, 1.165) is 0 Å². The number of carbonyl (C=O) groups is 5. The summed E-state index contributed by atoms with van der Waals surface area (Å²) in [5.74, 6) is -2.93. The zero-order chi connectivity index (χ0) is 32.6. The molecule has 0 aromatic heterocycles. The quantitative estimate of drug-likeness (QED) is 0.233. The van der Waals surface area contributed by atoms with Gasteiger partial charge in [-0.25, -0.2) is 0 Å². The number of aliphatic carboxylic acids is 1. The van der Waals surface area contributed by atoms with Gasteiger partial charge in [0, 0.05) is 47.1 Å². The number of halogens is 1. The van der Waals surface area contributed by atoms with Gasteiger partial charge in [0.2, 0.25) is 11.8 Å². The fraction of sp³-hybridized carbons (Fsp3) is 0.433. The van der Waals surface area contributed by atoms with Gasteiger partial charge in [0.25, 0.3) is 5.91 Å². The van der Waals surface area contributed by atoms with Crippen molar-refractivity contribution in [3.05, 3.63) is 52.5 Å². The molecule has 0 fully saturated rings. The van der Waals surface area contributed by atoms with Gasteiger partial charge in [-0.15, -0.1) is 0 Å². The minimum Gasteiger partial charge on any atom is -0.493 e. The molecule has 0 bridgehead atoms. The number of hydrogen-bond donors (Lipinski definition) is 3. The Balaban J connectivity index is 2.07. The van der Waals surface area contributed by atoms with E-state index in [1.807, 2.05) is 13.8 Å². The summed E-state index contributed by atoms with van der Waals surface area (Å²) in [7, 11) is 2.94. The number of methoxy groups -OCH3 is 2. The van der Waals surface area contributed by atoms with Crippen LogP contribution in [0.15, 0.2) is 36.4 Å². The molecule has 0 radical (unpaired) electrons. The number of nitrogens with zero attached hydrogens (tertiary/aromatic N) is 1. The van der Waals surface area contributed by atoms with E-state index in [1.54, 1.807) is 36.4 Å². The third kappa shape index (κ3) is 8.83. The predicted octanol–water partition coefficient (Wildman–Crippen LogP) is 3.17. The number of hydrazine groups is 1. The van der Waals surface area contributed by atoms with Crippen LogP contribution in [-0.4, -0.2) is 68.2 Å². The number of ether oxygens (including phenoxy) is 4. The zero-order valence-corrected chi connectivity index (χ0v) is 25.9. The summed E-state index contributed by atoms with van der Waals surface area (Å²) >= 11 is 6.44. The standard InChI is InChI=1S/C30H36ClN3O10/c1-17(35)43-16-30(2,3)15-34-21-10-9-18(31)13-20(21)27(19-7-6-8-22(41-4)28(19)42-5)44-23(29(34)40)14-25(37)33-32-24(36)11-12-26(38)39/h6-10,13,23,27H,11-12,14-16H2,1-5H3,(H,32,36)(H,33,37)(H,38,39)/t23-,27-/m1/s1. The predicted molar refractivity (Wildman–Crippen MR) is 158 cm³/mol. The van der Waals surface area contributed by atoms with E-state index in [1.165, 1.54) is 26.0 Å². The number of nitrogens with one attached hydrogen (secondary N) is 2. The number of hydrogen-bond acceptors (Lipinski definition) is 9. The van der Waals surface area contributed by atoms with Gasteiger partial charge in [0.15, 0.2) is 11.5 Å². The Kier molecular flexibility index (Phi) is 11.5. The van der Waals surface area contributed by atoms with Crippen molar-refractivity contribution >= 4 is 46.9 Å². The van der Waals surface area contributed by atoms with Crippen LogP contribution in [0.1, 0.15) is 57.3 Å². The lowest BCUT2D eigenvalue weighted by Crippen LogP contribution is -2.48. The molecule has 0 unspecified atom stereocenters. The molecule has 3 amide bonds. The van der Waals surface area contributed by atoms with Crippen molar-refractivity contribution in [2.45, 2.75) is 52.2 Å². The molecule has 1 aliphatic rings. The van der Waals surface area contributed by atoms with E-state index in [-0.39, 0.29) is 19.6 Å². The molecule has 2 aromatic rings. The van der Waals surface area contributed by atoms with E-state index in [4.69, 9.17) is 35.7 Å². The number of rotatable bonds is 12. The minimum atomic E-state index is -1.37. The molecule has 2 atom stereocenters. The highest BCUT2D eigenvalue weighted by Gasteiger charge is 2.41. The molecule has 238 valence electrons. The summed E-state index contributed by atoms with van der Waals surface area (Å²) in [4.78, 5) is 62.9. The maximum Gasteiger partial charge on any atom is 0.303 e. The van der Waals surface area contributed by atoms with Crippen LogP contribution in [-0.2, 0) is 33.4 Å². The Morgan fingerprint density at radius 3 is 2.36 bits per heavy atom. The van der Waals surface area contributed by atoms with E-state index in [9.17, 15) is 24.0 Å². The number of amides is 3. The van der Waals surface area contributed by atoms with Crippen LogP contribution in [0.5, 0.6) is 11.5 Å². The summed E-state index contributed by atoms with van der Waals surface area (Å²) in [5.41, 5.74) is 5.09. The molecule has 0 saturated heterocycles. The van der Waals surface area contributed by atoms with Crippen LogP contribution in [0.25, 0.3) is 0 Å². The number of esters is 1. The first-order chi connectivity index (χ1) is 20.8. The van der Waals surface area contributed by atoms with Crippen LogP contribution in [0.2, 0.25) is 5.02 Å². The lowest BCUT2D eigenvalue weighted by Gasteiger charge is -2.33. The Labute approximate surface area is 259 Å². The van der Waals surface area contributed by atoms with Crippen LogP contribution >= 0.6 is 11.6 Å². The Bertz CT molecular complexity index is 1410. The number of para-hydroxylation sites is 1. The molecule has 0 spiro atoms. The Morgan fingerprint density at radius 1 is 1.02 bits per heavy atom. The first-order valence-electron chi connectivity index (χ1n) is 13.7. The molecule has 14 heteroatoms. The van der Waals surface area contributed by atoms with E-state index >= 15 is 0 Å². The molecule has 2 aromatic carbocycles. The fourth-order valence-electron chi connectivity index (χ4n) is 4.64. The van der Waals surface area contributed by atoms with Gasteiger partial charge in [-0.05, 0) is 24.3 Å². The van der Waals surface area contributed by atoms with Crippen LogP contribution in [0.4, 0.5) is 5.69 Å². The maximum absolute atomic E-state index is 14.2. The minimum absolute atomic E-state index is 0.0105. The second-order valence-corrected chi connectivity index (χ2v) is 11.3. The number of carboxylic acid groups (broad SMARTS) is 1. The highest BCUT2D eigenvalue weighted by molar-refractivity contribution is 6.30. The number of benzene rings is 2. The summed E-state index contributed by atoms with van der Waals surface area (Å²) in [6.45, 7) is 5.02. The van der Waals surface area contributed by atoms with E-state index < -0.39 is 60.1 Å². The number of fused-ring (bicyclic) bond motifs is 1. The Hall–Kier alpha value is -4.36. The molecule has 0 aliphatic carbocycles. The zero-order valence-electron chi connectivity index (χ0n) is 25.1. The second kappa shape index (κ2) is 14.9. The van der Waals surface area contributed by atoms with Gasteiger partial charge in [-0.1, -0.05) is 37.6 Å². The van der Waals surface area contributed by atoms with Crippen LogP contribution in [0, 0.1) is 5.41 Å². The monoisotopic (exact) mass is 633 g/mol. The topological polar surface area (TPSA) is 170 Å². The van der Waals surface area contributed by atoms with Crippen molar-refractivity contribution in [2.75, 3.05) is 32.3 Å². The molecule has 1 heterocycles. The third-order valence-electron chi connectivity index (χ3n) is 6.65. The lowest BCUT2D eigenvalue weighted by atomic mass is 9.92. The highest BCUT2D eigenvalue weighted by Crippen LogP contribution is 2.45. The number of carboxylic acids is 1. The van der Waals surface area contributed by atoms with Crippen LogP contribution < -0.4 is 25.2 Å². The average molecular weight is 634 g/mol. The highest BCUT2D eigenvalue weighted by atomic mass is 35.5. The molecule has 0 saturated carbocycles. The van der Waals surface area contributed by atoms with Crippen molar-refractivity contribution in [1.29, 1.82) is 0 Å². The van der Waals surface area contributed by atoms with Crippen molar-refractivity contribution < 1.29 is 48.0 Å². The normalized spacial score (nSPS) is 16.3. The van der Waals surface area contributed by atoms with Gasteiger partial charge < -0.3 is 29.0 Å². The Morgan fingerprint density at radius 2 is 1.73 bits per heavy atom. The fourth-order valence-corrected chi connectivity index (χ4v) is 4.82. The first-order valence-corrected chi connectivity index (χ1v) is 14.0. The molecule has 3 N–H and O–H groups in total. The summed E-state index contributed by atoms with van der Waals surface area (Å²) in [6.07, 6.45) is -3.63. The number of carbonyl (C=O) groups excluding carboxylic acids is 4. The summed E-state index contributed by atoms with van der Waals surface area (Å²) in [6, 6.07) is 10.1. The van der Waals surface area contributed by atoms with Gasteiger partial charge >= 0.3 is 11.9 Å². The molecule has 44 heavy (non-hydrogen) atoms. The SMILES string of the molecule is COc1cccc([C@H]2O[C@H](CC(=O)NNC(=O)CCC(=O)O)C(=O)N(CC(C)(C)COC(C)=O)c3ccc(Cl)cc32)c1OC. The van der Waals surface area contributed by atoms with Gasteiger partial charge in [0.05, 0.1) is 33.7 Å². The van der Waals surface area contributed by atoms with Crippen LogP contribution in [0.3, 0.4) is 0 Å². The molecular weight excluding hydrogens is 598 g/mol. The maximum atomic E-state index is 14.2. The molecule has 3 rings (SSSR count). The summed E-state index contributed by atoms with van der Waals surface area (Å²) < 4.78 is 22.8. The smallest absolute Gasteiger partial charge is 0.303 e. The third-order valence-corrected chi connectivity index (χ3v) is 6.89. The first kappa shape index (κ1) is 34.1. The van der Waals surface area contributed by atoms with E-state index in [2.05, 4.69) is 10.9 Å². The number of anilines is 1. The van der Waals surface area contributed by atoms with Crippen molar-refractivity contribution in [1.82, 2.24) is 10.9 Å². The van der Waals surface area contributed by atoms with Gasteiger partial charge in [0.1, 0.15) is 12.2 Å². The van der Waals surface area contributed by atoms with Crippen molar-refractivity contribution in [3.63, 3.8) is 0 Å². The van der Waals surface area contributed by atoms with Gasteiger partial charge in [-0.3, -0.25) is 34.8 Å². The van der Waals surface area contributed by atoms with E-state index in [0.29, 0.717) is 33.3 Å². The van der Waals surface area contributed by atoms with Gasteiger partial charge in [-0.2, -0.15) is 0 Å². The molecule has 13 nitrogen and oxygen atoms in total. The average Bonchev–Trinajstić information content (AvgIpc) is 3.07. The lowest BCUT2D eigenvalue weighted by molar-refractivity contribution is -0.144. The van der Waals surface area contributed by atoms with Crippen molar-refractivity contribution in [3.8, 4) is 11.5 Å². The van der Waals surface area contributed by atoms with Crippen molar-refractivity contribution in [2.24, 2.45) is 5.41 Å². The molecule has 1 aliphatic heterocycles.